The maximum atomic E-state index is 12.0. The van der Waals surface area contributed by atoms with E-state index < -0.39 is 9.96 Å². The number of rotatable bonds is 7. The van der Waals surface area contributed by atoms with E-state index >= 15 is 0 Å². The third kappa shape index (κ3) is 6.61. The summed E-state index contributed by atoms with van der Waals surface area (Å²) in [6.07, 6.45) is 0.383. The number of thiophene rings is 1. The second kappa shape index (κ2) is 8.41. The number of nitrogens with two attached hydrogens (primary N) is 1. The van der Waals surface area contributed by atoms with Crippen molar-refractivity contribution in [3.05, 3.63) is 22.4 Å². The molecule has 0 aliphatic rings. The molecule has 0 aliphatic heterocycles. The van der Waals surface area contributed by atoms with Gasteiger partial charge in [-0.05, 0) is 11.4 Å². The van der Waals surface area contributed by atoms with Crippen LogP contribution in [0.5, 0.6) is 0 Å². The molecule has 1 heterocycles. The van der Waals surface area contributed by atoms with Gasteiger partial charge in [0.25, 0.3) is 9.70 Å². The highest BCUT2D eigenvalue weighted by atomic mass is 35.6. The number of carbonyl (C=O) groups is 1. The van der Waals surface area contributed by atoms with Crippen molar-refractivity contribution in [2.45, 2.75) is 16.4 Å². The average Bonchev–Trinajstić information content (AvgIpc) is 2.84. The Morgan fingerprint density at radius 1 is 1.50 bits per heavy atom. The first kappa shape index (κ1) is 18.0. The normalized spacial score (nSPS) is 13.5. The molecule has 0 bridgehead atoms. The van der Waals surface area contributed by atoms with Crippen molar-refractivity contribution in [1.29, 1.82) is 0 Å². The van der Waals surface area contributed by atoms with Crippen molar-refractivity contribution in [2.24, 2.45) is 0 Å². The predicted molar refractivity (Wildman–Crippen MR) is 85.0 cm³/mol. The minimum absolute atomic E-state index is 0.217. The van der Waals surface area contributed by atoms with Crippen LogP contribution in [0.1, 0.15) is 16.1 Å². The largest absolute Gasteiger partial charge is 0.340 e. The van der Waals surface area contributed by atoms with Crippen molar-refractivity contribution in [3.8, 4) is 0 Å². The molecule has 4 N–H and O–H groups in total. The molecule has 8 heteroatoms. The fraction of sp³-hybridized carbons (Fsp3) is 0.583. The monoisotopic (exact) mass is 359 g/mol. The fourth-order valence-corrected chi connectivity index (χ4v) is 2.69. The van der Waals surface area contributed by atoms with Gasteiger partial charge in [-0.1, -0.05) is 40.9 Å². The van der Waals surface area contributed by atoms with Crippen LogP contribution in [0.15, 0.2) is 17.5 Å². The molecule has 0 saturated heterocycles. The predicted octanol–water partition coefficient (Wildman–Crippen LogP) is 0.272. The number of halogens is 3. The zero-order chi connectivity index (χ0) is 15.2. The lowest BCUT2D eigenvalue weighted by Crippen LogP contribution is -3.06. The van der Waals surface area contributed by atoms with Gasteiger partial charge in [0.05, 0.1) is 32.1 Å². The molecule has 4 nitrogen and oxygen atoms in total. The summed E-state index contributed by atoms with van der Waals surface area (Å²) >= 11 is 19.1. The molecule has 1 atom stereocenters. The Labute approximate surface area is 138 Å². The van der Waals surface area contributed by atoms with Crippen molar-refractivity contribution < 1.29 is 15.0 Å². The lowest BCUT2D eigenvalue weighted by molar-refractivity contribution is -0.860. The van der Waals surface area contributed by atoms with Gasteiger partial charge in [-0.2, -0.15) is 0 Å². The molecule has 1 rings (SSSR count). The van der Waals surface area contributed by atoms with Gasteiger partial charge in [0, 0.05) is 6.42 Å². The van der Waals surface area contributed by atoms with E-state index in [9.17, 15) is 4.79 Å². The van der Waals surface area contributed by atoms with Crippen molar-refractivity contribution in [1.82, 2.24) is 5.32 Å². The minimum Gasteiger partial charge on any atom is -0.340 e. The zero-order valence-corrected chi connectivity index (χ0v) is 14.5. The lowest BCUT2D eigenvalue weighted by Gasteiger charge is -2.23. The first-order valence-corrected chi connectivity index (χ1v) is 8.35. The quantitative estimate of drug-likeness (QED) is 0.365. The van der Waals surface area contributed by atoms with E-state index in [0.29, 0.717) is 4.88 Å². The second-order valence-electron chi connectivity index (χ2n) is 4.81. The Kier molecular flexibility index (Phi) is 7.58. The van der Waals surface area contributed by atoms with Crippen LogP contribution in [0.3, 0.4) is 0 Å². The number of quaternary nitrogens is 2. The summed E-state index contributed by atoms with van der Waals surface area (Å²) in [6, 6.07) is 3.55. The molecule has 0 fully saturated rings. The molecule has 20 heavy (non-hydrogen) atoms. The Morgan fingerprint density at radius 3 is 2.70 bits per heavy atom. The van der Waals surface area contributed by atoms with Gasteiger partial charge < -0.3 is 10.2 Å². The van der Waals surface area contributed by atoms with Gasteiger partial charge >= 0.3 is 0 Å². The highest BCUT2D eigenvalue weighted by Crippen LogP contribution is 2.27. The van der Waals surface area contributed by atoms with Gasteiger partial charge in [0.1, 0.15) is 0 Å². The third-order valence-electron chi connectivity index (χ3n) is 2.67. The zero-order valence-electron chi connectivity index (χ0n) is 11.5. The van der Waals surface area contributed by atoms with E-state index in [1.54, 1.807) is 6.07 Å². The minimum atomic E-state index is -1.54. The Morgan fingerprint density at radius 2 is 2.20 bits per heavy atom. The van der Waals surface area contributed by atoms with Crippen LogP contribution in [-0.4, -0.2) is 43.1 Å². The lowest BCUT2D eigenvalue weighted by atomic mass is 10.3. The summed E-state index contributed by atoms with van der Waals surface area (Å²) in [5, 5.41) is 6.46. The molecule has 0 spiro atoms. The molecule has 0 saturated carbocycles. The highest BCUT2D eigenvalue weighted by Gasteiger charge is 2.37. The van der Waals surface area contributed by atoms with Crippen molar-refractivity contribution in [3.63, 3.8) is 0 Å². The summed E-state index contributed by atoms with van der Waals surface area (Å²) < 4.78 is -1.54. The molecule has 1 aromatic heterocycles. The molecule has 1 amide bonds. The van der Waals surface area contributed by atoms with Crippen LogP contribution in [0.2, 0.25) is 0 Å². The highest BCUT2D eigenvalue weighted by molar-refractivity contribution is 7.12. The standard InChI is InChI=1S/C12H18Cl3N3OS/c1-18(2)7-4-6-16-11(12(13,14)15)17-10(19)9-5-3-8-20-9/h3,5,8,11,16H,4,6-7H2,1-2H3,(H,17,19)/p+2/t11-/m0/s1. The summed E-state index contributed by atoms with van der Waals surface area (Å²) in [5.41, 5.74) is 0. The number of hydrogen-bond acceptors (Lipinski definition) is 2. The molecule has 0 aromatic carbocycles. The number of amides is 1. The van der Waals surface area contributed by atoms with Crippen LogP contribution >= 0.6 is 46.1 Å². The molecular weight excluding hydrogens is 341 g/mol. The number of nitrogens with one attached hydrogen (secondary N) is 2. The van der Waals surface area contributed by atoms with Gasteiger partial charge in [0.2, 0.25) is 6.17 Å². The van der Waals surface area contributed by atoms with Crippen molar-refractivity contribution >= 4 is 52.0 Å². The number of alkyl halides is 3. The Balaban J connectivity index is 2.50. The third-order valence-corrected chi connectivity index (χ3v) is 4.24. The summed E-state index contributed by atoms with van der Waals surface area (Å²) in [6.45, 7) is 1.82. The van der Waals surface area contributed by atoms with E-state index in [-0.39, 0.29) is 5.91 Å². The summed E-state index contributed by atoms with van der Waals surface area (Å²) in [4.78, 5) is 14.0. The first-order valence-electron chi connectivity index (χ1n) is 6.34. The van der Waals surface area contributed by atoms with Crippen LogP contribution in [-0.2, 0) is 0 Å². The number of carbonyl (C=O) groups excluding carboxylic acids is 1. The van der Waals surface area contributed by atoms with Gasteiger partial charge in [-0.15, -0.1) is 11.3 Å². The van der Waals surface area contributed by atoms with E-state index in [1.807, 2.05) is 16.8 Å². The van der Waals surface area contributed by atoms with E-state index in [4.69, 9.17) is 34.8 Å². The topological polar surface area (TPSA) is 50.1 Å². The van der Waals surface area contributed by atoms with E-state index in [0.717, 1.165) is 19.5 Å². The van der Waals surface area contributed by atoms with Crippen LogP contribution in [0.25, 0.3) is 0 Å². The van der Waals surface area contributed by atoms with Crippen LogP contribution in [0.4, 0.5) is 0 Å². The molecule has 114 valence electrons. The SMILES string of the molecule is C[NH+](C)CCC[NH2+][C@@H](NC(=O)c1cccs1)C(Cl)(Cl)Cl. The maximum Gasteiger partial charge on any atom is 0.265 e. The van der Waals surface area contributed by atoms with Crippen LogP contribution in [0, 0.1) is 0 Å². The Hall–Kier alpha value is -0.0400. The first-order chi connectivity index (χ1) is 9.30. The smallest absolute Gasteiger partial charge is 0.265 e. The molecule has 1 aromatic rings. The second-order valence-corrected chi connectivity index (χ2v) is 8.12. The number of hydrogen-bond donors (Lipinski definition) is 3. The van der Waals surface area contributed by atoms with Gasteiger partial charge in [0.15, 0.2) is 0 Å². The average molecular weight is 361 g/mol. The molecule has 0 aliphatic carbocycles. The summed E-state index contributed by atoms with van der Waals surface area (Å²) in [5.74, 6) is -0.217. The van der Waals surface area contributed by atoms with Gasteiger partial charge in [-0.25, -0.2) is 0 Å². The van der Waals surface area contributed by atoms with E-state index in [1.165, 1.54) is 16.2 Å². The van der Waals surface area contributed by atoms with E-state index in [2.05, 4.69) is 19.4 Å². The Bertz CT molecular complexity index is 407. The van der Waals surface area contributed by atoms with Crippen molar-refractivity contribution in [2.75, 3.05) is 27.2 Å². The summed E-state index contributed by atoms with van der Waals surface area (Å²) in [7, 11) is 4.18. The fourth-order valence-electron chi connectivity index (χ4n) is 1.63. The molecule has 0 unspecified atom stereocenters. The van der Waals surface area contributed by atoms with Gasteiger partial charge in [-0.3, -0.25) is 10.1 Å². The molecular formula is C12H20Cl3N3OS+2. The molecule has 0 radical (unpaired) electrons. The maximum absolute atomic E-state index is 12.0. The van der Waals surface area contributed by atoms with Crippen LogP contribution < -0.4 is 15.5 Å².